The van der Waals surface area contributed by atoms with Gasteiger partial charge in [0, 0.05) is 12.6 Å². The largest absolute Gasteiger partial charge is 0.497 e. The molecule has 40 heavy (non-hydrogen) atoms. The topological polar surface area (TPSA) is 119 Å². The zero-order valence-electron chi connectivity index (χ0n) is 23.8. The van der Waals surface area contributed by atoms with Crippen LogP contribution in [0.1, 0.15) is 42.3 Å². The van der Waals surface area contributed by atoms with Crippen LogP contribution in [0.4, 0.5) is 5.82 Å². The molecule has 1 fully saturated rings. The lowest BCUT2D eigenvalue weighted by Crippen LogP contribution is -2.47. The first-order valence-electron chi connectivity index (χ1n) is 13.3. The Bertz CT molecular complexity index is 1180. The van der Waals surface area contributed by atoms with Crippen LogP contribution in [0.15, 0.2) is 72.9 Å². The number of methoxy groups -OCH3 is 2. The highest BCUT2D eigenvalue weighted by molar-refractivity contribution is 5.91. The van der Waals surface area contributed by atoms with E-state index in [1.807, 2.05) is 68.4 Å². The van der Waals surface area contributed by atoms with Gasteiger partial charge in [0.2, 0.25) is 5.91 Å². The van der Waals surface area contributed by atoms with Crippen molar-refractivity contribution in [2.45, 2.75) is 51.8 Å². The number of nitrogens with one attached hydrogen (secondary N) is 2. The van der Waals surface area contributed by atoms with Gasteiger partial charge in [-0.15, -0.1) is 0 Å². The quantitative estimate of drug-likeness (QED) is 0.207. The molecule has 2 aromatic carbocycles. The number of carbonyl (C=O) groups excluding carboxylic acids is 3. The maximum absolute atomic E-state index is 13.2. The number of amides is 1. The number of rotatable bonds is 11. The Hall–Kier alpha value is -4.24. The number of epoxide rings is 1. The third kappa shape index (κ3) is 11.2. The van der Waals surface area contributed by atoms with Crippen LogP contribution in [0.5, 0.6) is 5.75 Å². The molecule has 2 N–H and O–H groups in total. The molecule has 1 aromatic heterocycles. The van der Waals surface area contributed by atoms with Crippen molar-refractivity contribution in [3.8, 4) is 5.75 Å². The summed E-state index contributed by atoms with van der Waals surface area (Å²) in [6.45, 7) is 7.04. The molecule has 3 aromatic rings. The Kier molecular flexibility index (Phi) is 13.9. The molecule has 9 heteroatoms. The Morgan fingerprint density at radius 3 is 2.20 bits per heavy atom. The smallest absolute Gasteiger partial charge is 0.338 e. The fourth-order valence-corrected chi connectivity index (χ4v) is 3.52. The summed E-state index contributed by atoms with van der Waals surface area (Å²) >= 11 is 0. The molecule has 1 aliphatic rings. The molecule has 0 radical (unpaired) electrons. The maximum Gasteiger partial charge on any atom is 0.338 e. The number of hydrogen-bond donors (Lipinski definition) is 2. The standard InChI is InChI=1S/C26H27N3O5.C3H6O.C2H6/c1-33-22-10-8-19(9-11-22)15-23(29-24-16-20(12-13-27-24)26(32)34-2)25(31)28-21(17-30)14-18-6-4-3-5-7-18;1-3-2-4-3;1-2/h3-13,16-17,21,23H,14-15H2,1-2H3,(H,27,29)(H,28,31);3H,2H2,1H3;1-2H3/t21-,23?;;/m1../s1. The van der Waals surface area contributed by atoms with Crippen LogP contribution >= 0.6 is 0 Å². The number of ether oxygens (including phenoxy) is 3. The Morgan fingerprint density at radius 2 is 1.65 bits per heavy atom. The van der Waals surface area contributed by atoms with E-state index in [2.05, 4.69) is 22.5 Å². The van der Waals surface area contributed by atoms with E-state index in [-0.39, 0.29) is 5.91 Å². The summed E-state index contributed by atoms with van der Waals surface area (Å²) in [7, 11) is 2.88. The molecular weight excluding hydrogens is 510 g/mol. The first kappa shape index (κ1) is 32.0. The first-order valence-corrected chi connectivity index (χ1v) is 13.3. The number of benzene rings is 2. The van der Waals surface area contributed by atoms with E-state index in [0.29, 0.717) is 36.1 Å². The second-order valence-corrected chi connectivity index (χ2v) is 8.76. The molecule has 0 saturated carbocycles. The number of carbonyl (C=O) groups is 3. The van der Waals surface area contributed by atoms with E-state index in [9.17, 15) is 14.4 Å². The molecule has 0 aliphatic carbocycles. The van der Waals surface area contributed by atoms with Crippen LogP contribution in [-0.2, 0) is 31.9 Å². The van der Waals surface area contributed by atoms with Crippen molar-refractivity contribution in [1.29, 1.82) is 0 Å². The molecule has 9 nitrogen and oxygen atoms in total. The highest BCUT2D eigenvalue weighted by atomic mass is 16.6. The Labute approximate surface area is 236 Å². The molecule has 0 bridgehead atoms. The molecule has 1 amide bonds. The summed E-state index contributed by atoms with van der Waals surface area (Å²) in [5, 5.41) is 5.90. The average Bonchev–Trinajstić information content (AvgIpc) is 3.80. The van der Waals surface area contributed by atoms with E-state index in [1.165, 1.54) is 25.4 Å². The molecular formula is C31H39N3O6. The van der Waals surface area contributed by atoms with Crippen LogP contribution in [-0.4, -0.2) is 62.2 Å². The summed E-state index contributed by atoms with van der Waals surface area (Å²) in [6.07, 6.45) is 3.46. The molecule has 1 aliphatic heterocycles. The van der Waals surface area contributed by atoms with E-state index in [4.69, 9.17) is 14.2 Å². The van der Waals surface area contributed by atoms with Gasteiger partial charge in [0.1, 0.15) is 23.9 Å². The minimum absolute atomic E-state index is 0.304. The fourth-order valence-electron chi connectivity index (χ4n) is 3.52. The van der Waals surface area contributed by atoms with Crippen LogP contribution in [0.2, 0.25) is 0 Å². The number of esters is 1. The van der Waals surface area contributed by atoms with Crippen molar-refractivity contribution in [2.24, 2.45) is 0 Å². The van der Waals surface area contributed by atoms with E-state index >= 15 is 0 Å². The summed E-state index contributed by atoms with van der Waals surface area (Å²) in [4.78, 5) is 41.0. The molecule has 3 atom stereocenters. The first-order chi connectivity index (χ1) is 19.4. The zero-order chi connectivity index (χ0) is 29.3. The van der Waals surface area contributed by atoms with Crippen molar-refractivity contribution in [3.05, 3.63) is 89.6 Å². The number of pyridine rings is 1. The van der Waals surface area contributed by atoms with Gasteiger partial charge in [0.15, 0.2) is 0 Å². The van der Waals surface area contributed by atoms with Gasteiger partial charge in [-0.3, -0.25) is 4.79 Å². The SMILES string of the molecule is CC.CC1CO1.COC(=O)c1ccnc(NC(Cc2ccc(OC)cc2)C(=O)N[C@@H](C=O)Cc2ccccc2)c1. The second-order valence-electron chi connectivity index (χ2n) is 8.76. The summed E-state index contributed by atoms with van der Waals surface area (Å²) < 4.78 is 14.7. The molecule has 2 unspecified atom stereocenters. The molecule has 1 saturated heterocycles. The third-order valence-electron chi connectivity index (χ3n) is 5.71. The summed E-state index contributed by atoms with van der Waals surface area (Å²) in [5.74, 6) is 0.163. The number of aldehydes is 1. The van der Waals surface area contributed by atoms with Crippen LogP contribution < -0.4 is 15.4 Å². The minimum Gasteiger partial charge on any atom is -0.497 e. The number of aromatic nitrogens is 1. The van der Waals surface area contributed by atoms with Crippen molar-refractivity contribution in [2.75, 3.05) is 26.1 Å². The van der Waals surface area contributed by atoms with Gasteiger partial charge in [0.05, 0.1) is 38.5 Å². The van der Waals surface area contributed by atoms with Gasteiger partial charge < -0.3 is 29.6 Å². The van der Waals surface area contributed by atoms with E-state index in [1.54, 1.807) is 7.11 Å². The van der Waals surface area contributed by atoms with Crippen LogP contribution in [0.3, 0.4) is 0 Å². The van der Waals surface area contributed by atoms with Crippen molar-refractivity contribution >= 4 is 24.0 Å². The normalized spacial score (nSPS) is 14.5. The third-order valence-corrected chi connectivity index (χ3v) is 5.71. The lowest BCUT2D eigenvalue weighted by Gasteiger charge is -2.22. The lowest BCUT2D eigenvalue weighted by molar-refractivity contribution is -0.124. The van der Waals surface area contributed by atoms with Gasteiger partial charge in [-0.2, -0.15) is 0 Å². The van der Waals surface area contributed by atoms with Gasteiger partial charge in [-0.25, -0.2) is 9.78 Å². The monoisotopic (exact) mass is 549 g/mol. The van der Waals surface area contributed by atoms with Crippen LogP contribution in [0.25, 0.3) is 0 Å². The zero-order valence-corrected chi connectivity index (χ0v) is 23.8. The fraction of sp³-hybridized carbons (Fsp3) is 0.355. The number of anilines is 1. The van der Waals surface area contributed by atoms with Crippen molar-refractivity contribution in [3.63, 3.8) is 0 Å². The van der Waals surface area contributed by atoms with Gasteiger partial charge in [0.25, 0.3) is 0 Å². The second kappa shape index (κ2) is 17.4. The summed E-state index contributed by atoms with van der Waals surface area (Å²) in [5.41, 5.74) is 2.12. The van der Waals surface area contributed by atoms with Crippen molar-refractivity contribution in [1.82, 2.24) is 10.3 Å². The number of nitrogens with zero attached hydrogens (tertiary/aromatic N) is 1. The average molecular weight is 550 g/mol. The van der Waals surface area contributed by atoms with Gasteiger partial charge in [-0.1, -0.05) is 56.3 Å². The molecule has 0 spiro atoms. The van der Waals surface area contributed by atoms with E-state index < -0.39 is 18.1 Å². The van der Waals surface area contributed by atoms with E-state index in [0.717, 1.165) is 24.0 Å². The van der Waals surface area contributed by atoms with Gasteiger partial charge in [-0.05, 0) is 48.7 Å². The predicted molar refractivity (Wildman–Crippen MR) is 155 cm³/mol. The maximum atomic E-state index is 13.2. The Balaban J connectivity index is 0.000000839. The Morgan fingerprint density at radius 1 is 1.02 bits per heavy atom. The molecule has 2 heterocycles. The lowest BCUT2D eigenvalue weighted by atomic mass is 10.0. The number of hydrogen-bond acceptors (Lipinski definition) is 8. The minimum atomic E-state index is -0.757. The predicted octanol–water partition coefficient (Wildman–Crippen LogP) is 4.26. The van der Waals surface area contributed by atoms with Crippen molar-refractivity contribution < 1.29 is 28.6 Å². The highest BCUT2D eigenvalue weighted by Crippen LogP contribution is 2.16. The molecule has 214 valence electrons. The summed E-state index contributed by atoms with van der Waals surface area (Å²) in [6, 6.07) is 18.4. The highest BCUT2D eigenvalue weighted by Gasteiger charge is 2.23. The molecule has 4 rings (SSSR count). The van der Waals surface area contributed by atoms with Gasteiger partial charge >= 0.3 is 5.97 Å². The van der Waals surface area contributed by atoms with Crippen LogP contribution in [0, 0.1) is 0 Å².